The first-order valence-electron chi connectivity index (χ1n) is 8.08. The summed E-state index contributed by atoms with van der Waals surface area (Å²) in [7, 11) is 3.10. The molecule has 0 fully saturated rings. The van der Waals surface area contributed by atoms with Crippen LogP contribution >= 0.6 is 0 Å². The van der Waals surface area contributed by atoms with E-state index in [1.807, 2.05) is 6.07 Å². The van der Waals surface area contributed by atoms with E-state index in [4.69, 9.17) is 9.47 Å². The van der Waals surface area contributed by atoms with Gasteiger partial charge in [-0.1, -0.05) is 0 Å². The number of ether oxygens (including phenoxy) is 2. The SMILES string of the molecule is COc1cc2cc(CCNC(=O)c3cccnc3)c(=O)[nH]c2cc1OC. The fourth-order valence-electron chi connectivity index (χ4n) is 2.67. The van der Waals surface area contributed by atoms with Gasteiger partial charge in [0.05, 0.1) is 25.3 Å². The summed E-state index contributed by atoms with van der Waals surface area (Å²) in [6.45, 7) is 0.343. The number of nitrogens with one attached hydrogen (secondary N) is 2. The Labute approximate surface area is 150 Å². The van der Waals surface area contributed by atoms with Gasteiger partial charge in [-0.15, -0.1) is 0 Å². The zero-order valence-corrected chi connectivity index (χ0v) is 14.5. The lowest BCUT2D eigenvalue weighted by atomic mass is 10.1. The van der Waals surface area contributed by atoms with E-state index in [-0.39, 0.29) is 11.5 Å². The van der Waals surface area contributed by atoms with Gasteiger partial charge < -0.3 is 19.8 Å². The highest BCUT2D eigenvalue weighted by molar-refractivity contribution is 5.93. The molecular formula is C19H19N3O4. The smallest absolute Gasteiger partial charge is 0.252 e. The van der Waals surface area contributed by atoms with Gasteiger partial charge in [0.15, 0.2) is 11.5 Å². The Hall–Kier alpha value is -3.35. The maximum absolute atomic E-state index is 12.3. The van der Waals surface area contributed by atoms with Gasteiger partial charge in [-0.3, -0.25) is 14.6 Å². The highest BCUT2D eigenvalue weighted by Gasteiger charge is 2.10. The van der Waals surface area contributed by atoms with Crippen molar-refractivity contribution < 1.29 is 14.3 Å². The minimum absolute atomic E-state index is 0.194. The molecule has 2 aromatic heterocycles. The number of amides is 1. The summed E-state index contributed by atoms with van der Waals surface area (Å²) in [6, 6.07) is 8.72. The van der Waals surface area contributed by atoms with Crippen molar-refractivity contribution in [1.82, 2.24) is 15.3 Å². The Morgan fingerprint density at radius 2 is 1.96 bits per heavy atom. The molecule has 0 radical (unpaired) electrons. The van der Waals surface area contributed by atoms with E-state index in [0.29, 0.717) is 41.1 Å². The van der Waals surface area contributed by atoms with E-state index < -0.39 is 0 Å². The van der Waals surface area contributed by atoms with Crippen molar-refractivity contribution in [2.24, 2.45) is 0 Å². The molecule has 0 spiro atoms. The average Bonchev–Trinajstić information content (AvgIpc) is 2.68. The summed E-state index contributed by atoms with van der Waals surface area (Å²) >= 11 is 0. The van der Waals surface area contributed by atoms with E-state index in [2.05, 4.69) is 15.3 Å². The molecule has 0 atom stereocenters. The number of aromatic amines is 1. The van der Waals surface area contributed by atoms with Gasteiger partial charge in [-0.2, -0.15) is 0 Å². The molecule has 2 heterocycles. The molecule has 1 amide bonds. The average molecular weight is 353 g/mol. The van der Waals surface area contributed by atoms with E-state index in [9.17, 15) is 9.59 Å². The Bertz CT molecular complexity index is 983. The number of rotatable bonds is 6. The largest absolute Gasteiger partial charge is 0.493 e. The number of carbonyl (C=O) groups is 1. The van der Waals surface area contributed by atoms with Gasteiger partial charge in [-0.25, -0.2) is 0 Å². The lowest BCUT2D eigenvalue weighted by Crippen LogP contribution is -2.27. The molecular weight excluding hydrogens is 334 g/mol. The van der Waals surface area contributed by atoms with Crippen molar-refractivity contribution in [1.29, 1.82) is 0 Å². The lowest BCUT2D eigenvalue weighted by Gasteiger charge is -2.10. The third-order valence-corrected chi connectivity index (χ3v) is 4.03. The topological polar surface area (TPSA) is 93.3 Å². The summed E-state index contributed by atoms with van der Waals surface area (Å²) in [4.78, 5) is 31.1. The second kappa shape index (κ2) is 7.69. The quantitative estimate of drug-likeness (QED) is 0.706. The van der Waals surface area contributed by atoms with Crippen LogP contribution in [-0.4, -0.2) is 36.6 Å². The van der Waals surface area contributed by atoms with E-state index in [1.54, 1.807) is 44.7 Å². The third kappa shape index (κ3) is 3.66. The molecule has 0 unspecified atom stereocenters. The first-order chi connectivity index (χ1) is 12.6. The Balaban J connectivity index is 1.76. The number of aromatic nitrogens is 2. The standard InChI is InChI=1S/C19H19N3O4/c1-25-16-9-14-8-12(19(24)22-15(14)10-17(16)26-2)5-7-21-18(23)13-4-3-6-20-11-13/h3-4,6,8-11H,5,7H2,1-2H3,(H,21,23)(H,22,24). The van der Waals surface area contributed by atoms with Crippen LogP contribution in [-0.2, 0) is 6.42 Å². The van der Waals surface area contributed by atoms with Gasteiger partial charge in [0.1, 0.15) is 0 Å². The molecule has 3 aromatic rings. The second-order valence-electron chi connectivity index (χ2n) is 5.67. The molecule has 2 N–H and O–H groups in total. The molecule has 0 aliphatic carbocycles. The molecule has 3 rings (SSSR count). The molecule has 1 aromatic carbocycles. The third-order valence-electron chi connectivity index (χ3n) is 4.03. The van der Waals surface area contributed by atoms with Gasteiger partial charge in [0.25, 0.3) is 11.5 Å². The molecule has 7 nitrogen and oxygen atoms in total. The maximum Gasteiger partial charge on any atom is 0.252 e. The van der Waals surface area contributed by atoms with Crippen LogP contribution in [0.2, 0.25) is 0 Å². The number of methoxy groups -OCH3 is 2. The number of carbonyl (C=O) groups excluding carboxylic acids is 1. The number of hydrogen-bond donors (Lipinski definition) is 2. The van der Waals surface area contributed by atoms with Crippen molar-refractivity contribution >= 4 is 16.8 Å². The van der Waals surface area contributed by atoms with Crippen LogP contribution in [0.3, 0.4) is 0 Å². The summed E-state index contributed by atoms with van der Waals surface area (Å²) in [5.74, 6) is 0.914. The van der Waals surface area contributed by atoms with Crippen LogP contribution in [0.5, 0.6) is 11.5 Å². The van der Waals surface area contributed by atoms with Crippen LogP contribution in [0.1, 0.15) is 15.9 Å². The number of H-pyrrole nitrogens is 1. The molecule has 0 saturated carbocycles. The Morgan fingerprint density at radius 1 is 1.19 bits per heavy atom. The first-order valence-corrected chi connectivity index (χ1v) is 8.08. The zero-order chi connectivity index (χ0) is 18.5. The molecule has 0 bridgehead atoms. The Morgan fingerprint density at radius 3 is 2.65 bits per heavy atom. The fourth-order valence-corrected chi connectivity index (χ4v) is 2.67. The maximum atomic E-state index is 12.3. The predicted octanol–water partition coefficient (Wildman–Crippen LogP) is 1.91. The summed E-state index contributed by atoms with van der Waals surface area (Å²) in [5, 5.41) is 3.62. The molecule has 0 aliphatic rings. The number of pyridine rings is 2. The van der Waals surface area contributed by atoms with E-state index >= 15 is 0 Å². The summed E-state index contributed by atoms with van der Waals surface area (Å²) in [5.41, 5.74) is 1.53. The van der Waals surface area contributed by atoms with Crippen molar-refractivity contribution in [2.75, 3.05) is 20.8 Å². The van der Waals surface area contributed by atoms with Crippen LogP contribution < -0.4 is 20.3 Å². The van der Waals surface area contributed by atoms with Crippen LogP contribution in [0.15, 0.2) is 47.5 Å². The zero-order valence-electron chi connectivity index (χ0n) is 14.5. The van der Waals surface area contributed by atoms with Crippen LogP contribution in [0.25, 0.3) is 10.9 Å². The highest BCUT2D eigenvalue weighted by atomic mass is 16.5. The van der Waals surface area contributed by atoms with Gasteiger partial charge >= 0.3 is 0 Å². The lowest BCUT2D eigenvalue weighted by molar-refractivity contribution is 0.0953. The van der Waals surface area contributed by atoms with E-state index in [0.717, 1.165) is 5.39 Å². The number of nitrogens with zero attached hydrogens (tertiary/aromatic N) is 1. The van der Waals surface area contributed by atoms with Gasteiger partial charge in [0.2, 0.25) is 0 Å². The van der Waals surface area contributed by atoms with Crippen molar-refractivity contribution in [3.05, 3.63) is 64.2 Å². The summed E-state index contributed by atoms with van der Waals surface area (Å²) < 4.78 is 10.5. The number of benzene rings is 1. The molecule has 0 aliphatic heterocycles. The fraction of sp³-hybridized carbons (Fsp3) is 0.211. The normalized spacial score (nSPS) is 10.5. The second-order valence-corrected chi connectivity index (χ2v) is 5.67. The van der Waals surface area contributed by atoms with E-state index in [1.165, 1.54) is 6.20 Å². The van der Waals surface area contributed by atoms with Crippen LogP contribution in [0.4, 0.5) is 0 Å². The van der Waals surface area contributed by atoms with Gasteiger partial charge in [-0.05, 0) is 30.7 Å². The van der Waals surface area contributed by atoms with Crippen molar-refractivity contribution in [3.63, 3.8) is 0 Å². The number of fused-ring (bicyclic) bond motifs is 1. The minimum atomic E-state index is -0.221. The van der Waals surface area contributed by atoms with Crippen molar-refractivity contribution in [3.8, 4) is 11.5 Å². The van der Waals surface area contributed by atoms with Crippen LogP contribution in [0, 0.1) is 0 Å². The highest BCUT2D eigenvalue weighted by Crippen LogP contribution is 2.30. The van der Waals surface area contributed by atoms with Gasteiger partial charge in [0, 0.05) is 36.0 Å². The first kappa shape index (κ1) is 17.5. The monoisotopic (exact) mass is 353 g/mol. The molecule has 26 heavy (non-hydrogen) atoms. The predicted molar refractivity (Wildman–Crippen MR) is 97.9 cm³/mol. The summed E-state index contributed by atoms with van der Waals surface area (Å²) in [6.07, 6.45) is 3.51. The molecule has 0 saturated heterocycles. The molecule has 7 heteroatoms. The number of hydrogen-bond acceptors (Lipinski definition) is 5. The Kier molecular flexibility index (Phi) is 5.17. The minimum Gasteiger partial charge on any atom is -0.493 e. The van der Waals surface area contributed by atoms with Crippen molar-refractivity contribution in [2.45, 2.75) is 6.42 Å². The molecule has 134 valence electrons.